The summed E-state index contributed by atoms with van der Waals surface area (Å²) in [6.45, 7) is 3.00. The maximum absolute atomic E-state index is 13.6. The quantitative estimate of drug-likeness (QED) is 0.649. The predicted molar refractivity (Wildman–Crippen MR) is 111 cm³/mol. The highest BCUT2D eigenvalue weighted by Gasteiger charge is 2.51. The number of carbonyl (C=O) groups is 1. The number of nitrogens with zero attached hydrogens (tertiary/aromatic N) is 1. The Morgan fingerprint density at radius 2 is 1.97 bits per heavy atom. The zero-order chi connectivity index (χ0) is 23.1. The van der Waals surface area contributed by atoms with E-state index >= 15 is 0 Å². The third-order valence-corrected chi connectivity index (χ3v) is 7.34. The van der Waals surface area contributed by atoms with Gasteiger partial charge in [0.25, 0.3) is 0 Å². The largest absolute Gasteiger partial charge is 0.416 e. The van der Waals surface area contributed by atoms with Gasteiger partial charge < -0.3 is 25.2 Å². The number of ether oxygens (including phenoxy) is 1. The van der Waals surface area contributed by atoms with Crippen molar-refractivity contribution < 1.29 is 32.9 Å². The fraction of sp³-hybridized carbons (Fsp3) is 0.696. The van der Waals surface area contributed by atoms with Gasteiger partial charge in [-0.3, -0.25) is 4.79 Å². The molecule has 3 aliphatic rings. The molecule has 9 heteroatoms. The molecular weight excluding hydrogens is 425 g/mol. The van der Waals surface area contributed by atoms with Crippen molar-refractivity contribution in [3.63, 3.8) is 0 Å². The molecule has 4 atom stereocenters. The summed E-state index contributed by atoms with van der Waals surface area (Å²) in [5.41, 5.74) is -1.10. The maximum atomic E-state index is 13.6. The van der Waals surface area contributed by atoms with Gasteiger partial charge in [0.15, 0.2) is 0 Å². The second-order valence-corrected chi connectivity index (χ2v) is 9.44. The Bertz CT molecular complexity index is 841. The summed E-state index contributed by atoms with van der Waals surface area (Å²) < 4.78 is 44.9. The minimum atomic E-state index is -4.50. The Hall–Kier alpha value is -1.68. The normalized spacial score (nSPS) is 30.2. The molecule has 0 aromatic heterocycles. The van der Waals surface area contributed by atoms with Crippen LogP contribution in [0.1, 0.15) is 61.8 Å². The van der Waals surface area contributed by atoms with Crippen molar-refractivity contribution >= 4 is 5.91 Å². The van der Waals surface area contributed by atoms with E-state index in [4.69, 9.17) is 4.74 Å². The number of β-amino-alcohol motifs (C(OH)–C–C–N with tert-alkyl or cyclic N) is 1. The summed E-state index contributed by atoms with van der Waals surface area (Å²) >= 11 is 0. The highest BCUT2D eigenvalue weighted by Crippen LogP contribution is 2.45. The molecule has 0 bridgehead atoms. The average Bonchev–Trinajstić information content (AvgIpc) is 3.18. The minimum absolute atomic E-state index is 0.00370. The first-order valence-corrected chi connectivity index (χ1v) is 11.3. The van der Waals surface area contributed by atoms with Gasteiger partial charge in [-0.1, -0.05) is 6.07 Å². The standard InChI is InChI=1S/C23H31F3N2O4/c1-14(29)22(7-4-18(11-22)27-17-5-8-32-9-6-17)21(31)28-12-15-10-16(23(24,25)26)2-3-19(15)20(30)13-28/h2-3,10,14,17-18,20,27,29-30H,4-9,11-13H2,1H3/t14-,18+,20?,22-/m0/s1. The van der Waals surface area contributed by atoms with Crippen LogP contribution in [0.4, 0.5) is 13.2 Å². The third kappa shape index (κ3) is 4.53. The summed E-state index contributed by atoms with van der Waals surface area (Å²) in [7, 11) is 0. The van der Waals surface area contributed by atoms with Crippen molar-refractivity contribution in [1.82, 2.24) is 10.2 Å². The van der Waals surface area contributed by atoms with Crippen LogP contribution >= 0.6 is 0 Å². The van der Waals surface area contributed by atoms with Gasteiger partial charge >= 0.3 is 6.18 Å². The molecule has 1 amide bonds. The summed E-state index contributed by atoms with van der Waals surface area (Å²) in [5, 5.41) is 24.8. The van der Waals surface area contributed by atoms with E-state index in [1.807, 2.05) is 0 Å². The van der Waals surface area contributed by atoms with E-state index in [9.17, 15) is 28.2 Å². The number of rotatable bonds is 4. The van der Waals surface area contributed by atoms with Crippen LogP contribution < -0.4 is 5.32 Å². The van der Waals surface area contributed by atoms with Gasteiger partial charge in [-0.05, 0) is 62.3 Å². The van der Waals surface area contributed by atoms with Gasteiger partial charge in [0.1, 0.15) is 0 Å². The summed E-state index contributed by atoms with van der Waals surface area (Å²) in [4.78, 5) is 15.0. The van der Waals surface area contributed by atoms with Gasteiger partial charge in [-0.2, -0.15) is 13.2 Å². The number of aliphatic hydroxyl groups is 2. The van der Waals surface area contributed by atoms with Crippen LogP contribution in [0.3, 0.4) is 0 Å². The van der Waals surface area contributed by atoms with E-state index in [0.29, 0.717) is 43.2 Å². The lowest BCUT2D eigenvalue weighted by Crippen LogP contribution is -2.51. The number of hydrogen-bond donors (Lipinski definition) is 3. The molecule has 6 nitrogen and oxygen atoms in total. The Morgan fingerprint density at radius 3 is 2.62 bits per heavy atom. The van der Waals surface area contributed by atoms with Crippen molar-refractivity contribution in [2.24, 2.45) is 5.41 Å². The number of alkyl halides is 3. The van der Waals surface area contributed by atoms with Crippen molar-refractivity contribution in [3.05, 3.63) is 34.9 Å². The topological polar surface area (TPSA) is 82.0 Å². The number of hydrogen-bond acceptors (Lipinski definition) is 5. The van der Waals surface area contributed by atoms with E-state index in [1.54, 1.807) is 6.92 Å². The Balaban J connectivity index is 1.52. The number of aliphatic hydroxyl groups excluding tert-OH is 2. The minimum Gasteiger partial charge on any atom is -0.392 e. The lowest BCUT2D eigenvalue weighted by atomic mass is 9.78. The molecule has 2 aliphatic heterocycles. The van der Waals surface area contributed by atoms with Gasteiger partial charge in [-0.15, -0.1) is 0 Å². The molecular formula is C23H31F3N2O4. The maximum Gasteiger partial charge on any atom is 0.416 e. The van der Waals surface area contributed by atoms with E-state index < -0.39 is 29.4 Å². The molecule has 2 heterocycles. The molecule has 2 fully saturated rings. The van der Waals surface area contributed by atoms with Crippen LogP contribution in [0.15, 0.2) is 18.2 Å². The number of halogens is 3. The van der Waals surface area contributed by atoms with Gasteiger partial charge in [0, 0.05) is 31.8 Å². The first-order chi connectivity index (χ1) is 15.1. The van der Waals surface area contributed by atoms with Crippen molar-refractivity contribution in [1.29, 1.82) is 0 Å². The first kappa shape index (κ1) is 23.5. The molecule has 3 N–H and O–H groups in total. The molecule has 178 valence electrons. The first-order valence-electron chi connectivity index (χ1n) is 11.3. The van der Waals surface area contributed by atoms with Crippen LogP contribution in [-0.4, -0.2) is 59.0 Å². The van der Waals surface area contributed by atoms with Gasteiger partial charge in [0.2, 0.25) is 5.91 Å². The van der Waals surface area contributed by atoms with Crippen molar-refractivity contribution in [3.8, 4) is 0 Å². The van der Waals surface area contributed by atoms with E-state index in [-0.39, 0.29) is 25.0 Å². The third-order valence-electron chi connectivity index (χ3n) is 7.34. The van der Waals surface area contributed by atoms with Gasteiger partial charge in [0.05, 0.1) is 29.7 Å². The van der Waals surface area contributed by atoms with Crippen LogP contribution in [0.2, 0.25) is 0 Å². The molecule has 32 heavy (non-hydrogen) atoms. The number of nitrogens with one attached hydrogen (secondary N) is 1. The molecule has 1 saturated heterocycles. The SMILES string of the molecule is C[C@H](O)[C@]1(C(=O)N2Cc3cc(C(F)(F)F)ccc3C(O)C2)CC[C@@H](NC2CCOCC2)C1. The molecule has 4 rings (SSSR count). The Labute approximate surface area is 185 Å². The molecule has 1 aromatic rings. The number of fused-ring (bicyclic) bond motifs is 1. The number of benzene rings is 1. The zero-order valence-corrected chi connectivity index (χ0v) is 18.2. The monoisotopic (exact) mass is 456 g/mol. The predicted octanol–water partition coefficient (Wildman–Crippen LogP) is 2.77. The second kappa shape index (κ2) is 8.93. The summed E-state index contributed by atoms with van der Waals surface area (Å²) in [6, 6.07) is 3.66. The summed E-state index contributed by atoms with van der Waals surface area (Å²) in [6.07, 6.45) is -2.97. The highest BCUT2D eigenvalue weighted by atomic mass is 19.4. The zero-order valence-electron chi connectivity index (χ0n) is 18.2. The molecule has 1 aromatic carbocycles. The smallest absolute Gasteiger partial charge is 0.392 e. The van der Waals surface area contributed by atoms with Crippen LogP contribution in [0.5, 0.6) is 0 Å². The van der Waals surface area contributed by atoms with Crippen molar-refractivity contribution in [2.45, 2.75) is 76.0 Å². The summed E-state index contributed by atoms with van der Waals surface area (Å²) in [5.74, 6) is -0.300. The lowest BCUT2D eigenvalue weighted by molar-refractivity contribution is -0.151. The van der Waals surface area contributed by atoms with Crippen LogP contribution in [-0.2, 0) is 22.3 Å². The highest BCUT2D eigenvalue weighted by molar-refractivity contribution is 5.84. The average molecular weight is 457 g/mol. The fourth-order valence-electron chi connectivity index (χ4n) is 5.46. The molecule has 1 unspecified atom stereocenters. The fourth-order valence-corrected chi connectivity index (χ4v) is 5.46. The van der Waals surface area contributed by atoms with Gasteiger partial charge in [-0.25, -0.2) is 0 Å². The van der Waals surface area contributed by atoms with Crippen molar-refractivity contribution in [2.75, 3.05) is 19.8 Å². The van der Waals surface area contributed by atoms with Crippen LogP contribution in [0, 0.1) is 5.41 Å². The Morgan fingerprint density at radius 1 is 1.25 bits per heavy atom. The number of amides is 1. The van der Waals surface area contributed by atoms with E-state index in [1.165, 1.54) is 11.0 Å². The van der Waals surface area contributed by atoms with E-state index in [2.05, 4.69) is 5.32 Å². The lowest BCUT2D eigenvalue weighted by Gasteiger charge is -2.40. The number of carbonyl (C=O) groups excluding carboxylic acids is 1. The molecule has 0 spiro atoms. The van der Waals surface area contributed by atoms with E-state index in [0.717, 1.165) is 31.4 Å². The van der Waals surface area contributed by atoms with Crippen LogP contribution in [0.25, 0.3) is 0 Å². The molecule has 1 aliphatic carbocycles. The molecule has 1 saturated carbocycles. The molecule has 0 radical (unpaired) electrons. The Kier molecular flexibility index (Phi) is 6.55. The second-order valence-electron chi connectivity index (χ2n) is 9.44.